The molecule has 384 valence electrons. The van der Waals surface area contributed by atoms with Gasteiger partial charge in [0.1, 0.15) is 17.5 Å². The van der Waals surface area contributed by atoms with Crippen molar-refractivity contribution in [1.29, 1.82) is 0 Å². The maximum Gasteiger partial charge on any atom is 0.154 e. The Morgan fingerprint density at radius 1 is 0.313 bits per heavy atom. The van der Waals surface area contributed by atoms with Gasteiger partial charge < -0.3 is 9.47 Å². The van der Waals surface area contributed by atoms with Crippen LogP contribution in [0.5, 0.6) is 0 Å². The highest BCUT2D eigenvalue weighted by Crippen LogP contribution is 2.29. The molecule has 5 heteroatoms. The zero-order valence-corrected chi connectivity index (χ0v) is 46.1. The Morgan fingerprint density at radius 2 is 0.552 bits per heavy atom. The second-order valence-corrected chi connectivity index (χ2v) is 22.6. The third-order valence-electron chi connectivity index (χ3n) is 14.4. The van der Waals surface area contributed by atoms with Gasteiger partial charge >= 0.3 is 0 Å². The van der Waals surface area contributed by atoms with Crippen LogP contribution >= 0.6 is 0 Å². The first-order chi connectivity index (χ1) is 31.5. The topological polar surface area (TPSA) is 18.5 Å². The molecule has 1 aliphatic heterocycles. The predicted molar refractivity (Wildman–Crippen MR) is 285 cm³/mol. The molecule has 0 radical (unpaired) electrons. The second kappa shape index (κ2) is 35.5. The molecule has 5 fully saturated rings. The molecule has 4 aliphatic carbocycles. The standard InChI is InChI=1S/C8H8F2.C8H9F.4C8H16.C8H10.C6H12O2/c1-5-3-7(9)6(2)8(10)4-5;1-6-3-4-7(2)8(9)5-6;5*1-7-3-5-8(2)6-4-7;1-5-3-7-6(2)8-4-5/h3-4H,1-2H3;3-5H,1-2H3;4*7-8H,3-6H2,1-2H3;3-6H,1-2H3;5-6H,3-4H2,1-2H3. The maximum atomic E-state index is 12.6. The molecule has 0 unspecified atom stereocenters. The van der Waals surface area contributed by atoms with Crippen LogP contribution in [0.2, 0.25) is 0 Å². The largest absolute Gasteiger partial charge is 0.353 e. The first-order valence-electron chi connectivity index (χ1n) is 27.0. The van der Waals surface area contributed by atoms with Gasteiger partial charge in [-0.1, -0.05) is 213 Å². The third kappa shape index (κ3) is 32.0. The van der Waals surface area contributed by atoms with Crippen molar-refractivity contribution in [3.8, 4) is 0 Å². The van der Waals surface area contributed by atoms with Gasteiger partial charge in [0.2, 0.25) is 0 Å². The van der Waals surface area contributed by atoms with Crippen molar-refractivity contribution in [3.63, 3.8) is 0 Å². The van der Waals surface area contributed by atoms with Crippen LogP contribution in [0.25, 0.3) is 0 Å². The van der Waals surface area contributed by atoms with Gasteiger partial charge in [-0.25, -0.2) is 13.2 Å². The smallest absolute Gasteiger partial charge is 0.154 e. The first kappa shape index (κ1) is 62.4. The molecular formula is C62H103F3O2. The molecule has 0 spiro atoms. The molecule has 8 rings (SSSR count). The van der Waals surface area contributed by atoms with Gasteiger partial charge in [0, 0.05) is 11.5 Å². The van der Waals surface area contributed by atoms with E-state index >= 15 is 0 Å². The van der Waals surface area contributed by atoms with E-state index in [1.54, 1.807) is 19.9 Å². The Labute approximate surface area is 412 Å². The SMILES string of the molecule is CC1CCC(C)CC1.CC1CCC(C)CC1.CC1CCC(C)CC1.CC1CCC(C)CC1.CC1COC(C)OC1.Cc1cc(F)c(C)c(F)c1.Cc1ccc(C)c(F)c1.Cc1ccc(C)cc1. The van der Waals surface area contributed by atoms with E-state index in [0.717, 1.165) is 66.1 Å². The van der Waals surface area contributed by atoms with Crippen molar-refractivity contribution in [2.75, 3.05) is 13.2 Å². The lowest BCUT2D eigenvalue weighted by Crippen LogP contribution is -2.27. The summed E-state index contributed by atoms with van der Waals surface area (Å²) in [5.41, 5.74) is 5.04. The van der Waals surface area contributed by atoms with Crippen molar-refractivity contribution in [3.05, 3.63) is 105 Å². The van der Waals surface area contributed by atoms with Crippen LogP contribution in [-0.2, 0) is 9.47 Å². The van der Waals surface area contributed by atoms with E-state index in [9.17, 15) is 13.2 Å². The van der Waals surface area contributed by atoms with Gasteiger partial charge in [-0.3, -0.25) is 0 Å². The molecule has 1 saturated heterocycles. The van der Waals surface area contributed by atoms with Crippen LogP contribution in [0.1, 0.15) is 205 Å². The molecule has 0 aromatic heterocycles. The molecule has 0 amide bonds. The van der Waals surface area contributed by atoms with Gasteiger partial charge in [-0.05, 0) is 131 Å². The lowest BCUT2D eigenvalue weighted by molar-refractivity contribution is -0.187. The number of benzene rings is 3. The molecular weight excluding hydrogens is 834 g/mol. The molecule has 67 heavy (non-hydrogen) atoms. The molecule has 5 aliphatic rings. The highest BCUT2D eigenvalue weighted by atomic mass is 19.1. The summed E-state index contributed by atoms with van der Waals surface area (Å²) in [6.45, 7) is 35.6. The summed E-state index contributed by atoms with van der Waals surface area (Å²) in [4.78, 5) is 0. The molecule has 3 aromatic carbocycles. The highest BCUT2D eigenvalue weighted by molar-refractivity contribution is 5.24. The first-order valence-corrected chi connectivity index (χ1v) is 27.0. The van der Waals surface area contributed by atoms with Gasteiger partial charge in [-0.15, -0.1) is 0 Å². The van der Waals surface area contributed by atoms with E-state index in [1.807, 2.05) is 19.9 Å². The lowest BCUT2D eigenvalue weighted by Gasteiger charge is -2.24. The van der Waals surface area contributed by atoms with E-state index in [1.165, 1.54) is 139 Å². The molecule has 2 nitrogen and oxygen atoms in total. The number of ether oxygens (including phenoxy) is 2. The normalized spacial score (nSPS) is 27.6. The monoisotopic (exact) mass is 937 g/mol. The van der Waals surface area contributed by atoms with E-state index in [2.05, 4.69) is 100 Å². The van der Waals surface area contributed by atoms with Crippen molar-refractivity contribution in [2.24, 2.45) is 53.3 Å². The van der Waals surface area contributed by atoms with Gasteiger partial charge in [-0.2, -0.15) is 0 Å². The van der Waals surface area contributed by atoms with Gasteiger partial charge in [0.25, 0.3) is 0 Å². The average molecular weight is 937 g/mol. The Kier molecular flexibility index (Phi) is 33.0. The van der Waals surface area contributed by atoms with Gasteiger partial charge in [0.15, 0.2) is 6.29 Å². The maximum absolute atomic E-state index is 12.6. The quantitative estimate of drug-likeness (QED) is 0.224. The Morgan fingerprint density at radius 3 is 0.776 bits per heavy atom. The summed E-state index contributed by atoms with van der Waals surface area (Å²) in [5, 5.41) is 0. The lowest BCUT2D eigenvalue weighted by atomic mass is 9.84. The van der Waals surface area contributed by atoms with E-state index in [0.29, 0.717) is 17.0 Å². The number of halogens is 3. The molecule has 0 N–H and O–H groups in total. The molecule has 3 aromatic rings. The Hall–Kier alpha value is -2.63. The zero-order valence-electron chi connectivity index (χ0n) is 46.1. The fourth-order valence-corrected chi connectivity index (χ4v) is 8.51. The number of hydrogen-bond donors (Lipinski definition) is 0. The van der Waals surface area contributed by atoms with Crippen LogP contribution in [0, 0.1) is 112 Å². The van der Waals surface area contributed by atoms with Gasteiger partial charge in [0.05, 0.1) is 13.2 Å². The minimum atomic E-state index is -0.475. The zero-order chi connectivity index (χ0) is 50.5. The molecule has 1 heterocycles. The minimum absolute atomic E-state index is 0.0196. The Balaban J connectivity index is 0.000000383. The number of rotatable bonds is 0. The number of hydrogen-bond acceptors (Lipinski definition) is 2. The summed E-state index contributed by atoms with van der Waals surface area (Å²) in [7, 11) is 0. The van der Waals surface area contributed by atoms with Crippen LogP contribution in [-0.4, -0.2) is 19.5 Å². The highest BCUT2D eigenvalue weighted by Gasteiger charge is 2.16. The van der Waals surface area contributed by atoms with E-state index < -0.39 is 11.6 Å². The number of aryl methyl sites for hydroxylation is 5. The predicted octanol–water partition coefficient (Wildman–Crippen LogP) is 19.7. The summed E-state index contributed by atoms with van der Waals surface area (Å²) in [6.07, 6.45) is 23.6. The van der Waals surface area contributed by atoms with E-state index in [4.69, 9.17) is 9.47 Å². The fraction of sp³-hybridized carbons (Fsp3) is 0.710. The third-order valence-corrected chi connectivity index (χ3v) is 14.4. The van der Waals surface area contributed by atoms with Crippen LogP contribution < -0.4 is 0 Å². The van der Waals surface area contributed by atoms with Crippen LogP contribution in [0.4, 0.5) is 13.2 Å². The average Bonchev–Trinajstić information content (AvgIpc) is 3.29. The van der Waals surface area contributed by atoms with Crippen LogP contribution in [0.3, 0.4) is 0 Å². The summed E-state index contributed by atoms with van der Waals surface area (Å²) >= 11 is 0. The van der Waals surface area contributed by atoms with Crippen LogP contribution in [0.15, 0.2) is 54.6 Å². The summed E-state index contributed by atoms with van der Waals surface area (Å²) in [5.74, 6) is 7.67. The van der Waals surface area contributed by atoms with Crippen molar-refractivity contribution < 1.29 is 22.6 Å². The molecule has 0 atom stereocenters. The second-order valence-electron chi connectivity index (χ2n) is 22.6. The van der Waals surface area contributed by atoms with Crippen molar-refractivity contribution >= 4 is 0 Å². The molecule has 4 saturated carbocycles. The van der Waals surface area contributed by atoms with E-state index in [-0.39, 0.29) is 17.7 Å². The minimum Gasteiger partial charge on any atom is -0.353 e. The summed E-state index contributed by atoms with van der Waals surface area (Å²) < 4.78 is 48.1. The Bertz CT molecular complexity index is 1440. The van der Waals surface area contributed by atoms with Crippen molar-refractivity contribution in [2.45, 2.75) is 220 Å². The summed E-state index contributed by atoms with van der Waals surface area (Å²) in [6, 6.07) is 16.3. The fourth-order valence-electron chi connectivity index (χ4n) is 8.51. The molecule has 0 bridgehead atoms. The van der Waals surface area contributed by atoms with Crippen molar-refractivity contribution in [1.82, 2.24) is 0 Å².